The Morgan fingerprint density at radius 3 is 2.50 bits per heavy atom. The van der Waals surface area contributed by atoms with Crippen LogP contribution in [0.4, 0.5) is 10.5 Å². The normalized spacial score (nSPS) is 23.3. The quantitative estimate of drug-likeness (QED) is 0.321. The number of carbonyl (C=O) groups excluding carboxylic acids is 4. The van der Waals surface area contributed by atoms with Gasteiger partial charge in [-0.25, -0.2) is 9.59 Å². The molecule has 1 aliphatic carbocycles. The van der Waals surface area contributed by atoms with Crippen molar-refractivity contribution in [1.82, 2.24) is 15.8 Å². The molecule has 2 N–H and O–H groups in total. The van der Waals surface area contributed by atoms with Crippen LogP contribution < -0.4 is 10.7 Å². The number of ether oxygens (including phenoxy) is 1. The first-order valence-electron chi connectivity index (χ1n) is 9.61. The molecule has 11 heteroatoms. The fraction of sp³-hybridized carbons (Fsp3) is 0.474. The highest BCUT2D eigenvalue weighted by Crippen LogP contribution is 2.35. The lowest BCUT2D eigenvalue weighted by atomic mass is 9.77. The van der Waals surface area contributed by atoms with Crippen LogP contribution in [0, 0.1) is 16.0 Å². The van der Waals surface area contributed by atoms with Gasteiger partial charge in [-0.05, 0) is 44.6 Å². The Bertz CT molecular complexity index is 921. The van der Waals surface area contributed by atoms with E-state index in [2.05, 4.69) is 17.7 Å². The summed E-state index contributed by atoms with van der Waals surface area (Å²) in [6.45, 7) is 3.69. The number of nitro groups is 1. The highest BCUT2D eigenvalue weighted by Gasteiger charge is 2.53. The molecular formula is C19H22N4O7. The van der Waals surface area contributed by atoms with Crippen LogP contribution in [0.25, 0.3) is 0 Å². The number of hydrogen-bond acceptors (Lipinski definition) is 7. The van der Waals surface area contributed by atoms with E-state index in [0.717, 1.165) is 31.0 Å². The molecular weight excluding hydrogens is 396 g/mol. The van der Waals surface area contributed by atoms with Crippen molar-refractivity contribution in [1.29, 1.82) is 0 Å². The third kappa shape index (κ3) is 3.95. The molecule has 4 amide bonds. The standard InChI is InChI=1S/C19H22N4O7/c1-3-30-16(25)13-8-12(9-14(10-13)23(28)29)15(24)21-22-17(26)19(20-18(22)27)6-4-11(2)5-7-19/h8-11H,3-7H2,1-2H3,(H,20,27)(H,21,24). The van der Waals surface area contributed by atoms with E-state index in [1.54, 1.807) is 6.92 Å². The molecule has 160 valence electrons. The Kier molecular flexibility index (Phi) is 5.72. The molecule has 1 saturated heterocycles. The molecule has 1 heterocycles. The lowest BCUT2D eigenvalue weighted by molar-refractivity contribution is -0.384. The van der Waals surface area contributed by atoms with Crippen molar-refractivity contribution in [2.75, 3.05) is 6.61 Å². The van der Waals surface area contributed by atoms with Crippen molar-refractivity contribution >= 4 is 29.5 Å². The fourth-order valence-electron chi connectivity index (χ4n) is 3.66. The minimum atomic E-state index is -1.05. The second-order valence-electron chi connectivity index (χ2n) is 7.52. The third-order valence-corrected chi connectivity index (χ3v) is 5.40. The molecule has 2 fully saturated rings. The number of rotatable bonds is 5. The lowest BCUT2D eigenvalue weighted by Crippen LogP contribution is -2.51. The maximum atomic E-state index is 12.8. The van der Waals surface area contributed by atoms with Crippen LogP contribution in [0.15, 0.2) is 18.2 Å². The Labute approximate surface area is 171 Å². The number of hydrazine groups is 1. The number of esters is 1. The van der Waals surface area contributed by atoms with Crippen molar-refractivity contribution in [3.8, 4) is 0 Å². The van der Waals surface area contributed by atoms with Gasteiger partial charge in [0.25, 0.3) is 17.5 Å². The van der Waals surface area contributed by atoms with E-state index in [1.165, 1.54) is 0 Å². The average Bonchev–Trinajstić information content (AvgIpc) is 2.94. The summed E-state index contributed by atoms with van der Waals surface area (Å²) in [4.78, 5) is 60.2. The Balaban J connectivity index is 1.83. The molecule has 0 unspecified atom stereocenters. The van der Waals surface area contributed by atoms with E-state index in [-0.39, 0.29) is 17.7 Å². The number of carbonyl (C=O) groups is 4. The number of urea groups is 1. The largest absolute Gasteiger partial charge is 0.462 e. The highest BCUT2D eigenvalue weighted by atomic mass is 16.6. The number of amides is 4. The molecule has 3 rings (SSSR count). The van der Waals surface area contributed by atoms with Crippen molar-refractivity contribution in [3.63, 3.8) is 0 Å². The highest BCUT2D eigenvalue weighted by molar-refractivity contribution is 6.09. The first-order chi connectivity index (χ1) is 14.2. The maximum Gasteiger partial charge on any atom is 0.344 e. The molecule has 2 aliphatic rings. The van der Waals surface area contributed by atoms with Gasteiger partial charge in [-0.3, -0.25) is 25.1 Å². The van der Waals surface area contributed by atoms with Crippen LogP contribution in [0.2, 0.25) is 0 Å². The molecule has 0 aromatic heterocycles. The van der Waals surface area contributed by atoms with Gasteiger partial charge in [0.05, 0.1) is 17.1 Å². The summed E-state index contributed by atoms with van der Waals surface area (Å²) in [6, 6.07) is 2.28. The van der Waals surface area contributed by atoms with E-state index in [9.17, 15) is 29.3 Å². The summed E-state index contributed by atoms with van der Waals surface area (Å²) >= 11 is 0. The van der Waals surface area contributed by atoms with Crippen molar-refractivity contribution < 1.29 is 28.8 Å². The van der Waals surface area contributed by atoms with Gasteiger partial charge >= 0.3 is 12.0 Å². The molecule has 1 aromatic carbocycles. The number of benzene rings is 1. The maximum absolute atomic E-state index is 12.8. The van der Waals surface area contributed by atoms with Crippen LogP contribution in [0.1, 0.15) is 60.2 Å². The first-order valence-corrected chi connectivity index (χ1v) is 9.61. The molecule has 1 saturated carbocycles. The van der Waals surface area contributed by atoms with Crippen LogP contribution in [0.3, 0.4) is 0 Å². The van der Waals surface area contributed by atoms with Crippen LogP contribution in [0.5, 0.6) is 0 Å². The van der Waals surface area contributed by atoms with Gasteiger partial charge < -0.3 is 10.1 Å². The monoisotopic (exact) mass is 418 g/mol. The zero-order chi connectivity index (χ0) is 22.1. The first kappa shape index (κ1) is 21.2. The summed E-state index contributed by atoms with van der Waals surface area (Å²) in [5.41, 5.74) is 0.207. The van der Waals surface area contributed by atoms with E-state index in [4.69, 9.17) is 4.74 Å². The van der Waals surface area contributed by atoms with E-state index >= 15 is 0 Å². The summed E-state index contributed by atoms with van der Waals surface area (Å²) in [6.07, 6.45) is 2.47. The van der Waals surface area contributed by atoms with Gasteiger partial charge in [0, 0.05) is 17.7 Å². The van der Waals surface area contributed by atoms with Gasteiger partial charge in [0.1, 0.15) is 5.54 Å². The lowest BCUT2D eigenvalue weighted by Gasteiger charge is -2.33. The molecule has 0 atom stereocenters. The summed E-state index contributed by atoms with van der Waals surface area (Å²) < 4.78 is 4.83. The number of imide groups is 1. The topological polar surface area (TPSA) is 148 Å². The van der Waals surface area contributed by atoms with Gasteiger partial charge in [-0.15, -0.1) is 0 Å². The molecule has 0 radical (unpaired) electrons. The second-order valence-corrected chi connectivity index (χ2v) is 7.52. The Morgan fingerprint density at radius 1 is 1.27 bits per heavy atom. The zero-order valence-electron chi connectivity index (χ0n) is 16.6. The summed E-state index contributed by atoms with van der Waals surface area (Å²) in [5, 5.41) is 14.4. The number of non-ortho nitro benzene ring substituents is 1. The zero-order valence-corrected chi connectivity index (χ0v) is 16.6. The van der Waals surface area contributed by atoms with E-state index < -0.39 is 40.0 Å². The Hall–Kier alpha value is -3.50. The van der Waals surface area contributed by atoms with E-state index in [1.807, 2.05) is 0 Å². The third-order valence-electron chi connectivity index (χ3n) is 5.40. The number of nitro benzene ring substituents is 1. The van der Waals surface area contributed by atoms with Gasteiger partial charge in [0.15, 0.2) is 0 Å². The molecule has 1 spiro atoms. The van der Waals surface area contributed by atoms with Crippen molar-refractivity contribution in [2.24, 2.45) is 5.92 Å². The minimum Gasteiger partial charge on any atom is -0.462 e. The van der Waals surface area contributed by atoms with E-state index in [0.29, 0.717) is 23.8 Å². The minimum absolute atomic E-state index is 0.0478. The smallest absolute Gasteiger partial charge is 0.344 e. The molecule has 1 aromatic rings. The summed E-state index contributed by atoms with van der Waals surface area (Å²) in [7, 11) is 0. The predicted octanol–water partition coefficient (Wildman–Crippen LogP) is 1.92. The Morgan fingerprint density at radius 2 is 1.90 bits per heavy atom. The van der Waals surface area contributed by atoms with Gasteiger partial charge in [-0.1, -0.05) is 6.92 Å². The SMILES string of the molecule is CCOC(=O)c1cc(C(=O)NN2C(=O)NC3(CCC(C)CC3)C2=O)cc([N+](=O)[O-])c1. The average molecular weight is 418 g/mol. The van der Waals surface area contributed by atoms with Gasteiger partial charge in [0.2, 0.25) is 0 Å². The van der Waals surface area contributed by atoms with Crippen LogP contribution in [-0.2, 0) is 9.53 Å². The van der Waals surface area contributed by atoms with Crippen LogP contribution >= 0.6 is 0 Å². The number of hydrogen-bond donors (Lipinski definition) is 2. The summed E-state index contributed by atoms with van der Waals surface area (Å²) in [5.74, 6) is -1.89. The molecule has 0 bridgehead atoms. The molecule has 30 heavy (non-hydrogen) atoms. The van der Waals surface area contributed by atoms with Crippen molar-refractivity contribution in [3.05, 3.63) is 39.4 Å². The molecule has 1 aliphatic heterocycles. The number of nitrogens with zero attached hydrogens (tertiary/aromatic N) is 2. The second kappa shape index (κ2) is 8.09. The van der Waals surface area contributed by atoms with Crippen molar-refractivity contribution in [2.45, 2.75) is 45.1 Å². The number of nitrogens with one attached hydrogen (secondary N) is 2. The predicted molar refractivity (Wildman–Crippen MR) is 102 cm³/mol. The molecule has 11 nitrogen and oxygen atoms in total. The van der Waals surface area contributed by atoms with Gasteiger partial charge in [-0.2, -0.15) is 5.01 Å². The van der Waals surface area contributed by atoms with Crippen LogP contribution in [-0.4, -0.2) is 45.9 Å². The fourth-order valence-corrected chi connectivity index (χ4v) is 3.66.